The fraction of sp³-hybridized carbons (Fsp3) is 0.308. The summed E-state index contributed by atoms with van der Waals surface area (Å²) in [5.74, 6) is 0.489. The summed E-state index contributed by atoms with van der Waals surface area (Å²) < 4.78 is 2.41. The van der Waals surface area contributed by atoms with Crippen molar-refractivity contribution < 1.29 is 9.72 Å². The molecule has 0 aliphatic carbocycles. The van der Waals surface area contributed by atoms with Gasteiger partial charge in [0.2, 0.25) is 0 Å². The highest BCUT2D eigenvalue weighted by molar-refractivity contribution is 7.71. The number of nitro benzene ring substituents is 1. The Kier molecular flexibility index (Phi) is 4.99. The molecule has 0 aliphatic rings. The SMILES string of the molecule is CCn1c(CCNC(=O)c2ccc([N+](=O)[O-])cc2)n[nH]c1=S. The van der Waals surface area contributed by atoms with Crippen molar-refractivity contribution in [2.24, 2.45) is 0 Å². The molecule has 0 saturated carbocycles. The molecule has 0 radical (unpaired) electrons. The zero-order valence-corrected chi connectivity index (χ0v) is 12.7. The van der Waals surface area contributed by atoms with E-state index in [1.54, 1.807) is 0 Å². The largest absolute Gasteiger partial charge is 0.352 e. The van der Waals surface area contributed by atoms with Gasteiger partial charge in [0.1, 0.15) is 5.82 Å². The minimum absolute atomic E-state index is 0.0463. The van der Waals surface area contributed by atoms with E-state index in [1.807, 2.05) is 11.5 Å². The summed E-state index contributed by atoms with van der Waals surface area (Å²) in [5, 5.41) is 20.1. The predicted octanol–water partition coefficient (Wildman–Crippen LogP) is 1.84. The van der Waals surface area contributed by atoms with Crippen molar-refractivity contribution in [3.05, 3.63) is 50.5 Å². The van der Waals surface area contributed by atoms with Gasteiger partial charge in [-0.25, -0.2) is 0 Å². The molecular weight excluding hydrogens is 306 g/mol. The second-order valence-electron chi connectivity index (χ2n) is 4.50. The average molecular weight is 321 g/mol. The van der Waals surface area contributed by atoms with Crippen molar-refractivity contribution >= 4 is 23.8 Å². The first kappa shape index (κ1) is 15.8. The fourth-order valence-electron chi connectivity index (χ4n) is 1.99. The van der Waals surface area contributed by atoms with Crippen LogP contribution in [0.3, 0.4) is 0 Å². The molecular formula is C13H15N5O3S. The van der Waals surface area contributed by atoms with Gasteiger partial charge in [0, 0.05) is 37.2 Å². The molecule has 0 bridgehead atoms. The maximum atomic E-state index is 11.9. The Morgan fingerprint density at radius 1 is 1.45 bits per heavy atom. The lowest BCUT2D eigenvalue weighted by atomic mass is 10.2. The molecule has 0 spiro atoms. The number of aromatic nitrogens is 3. The Morgan fingerprint density at radius 3 is 2.73 bits per heavy atom. The first-order chi connectivity index (χ1) is 10.5. The van der Waals surface area contributed by atoms with E-state index >= 15 is 0 Å². The number of aromatic amines is 1. The van der Waals surface area contributed by atoms with Crippen molar-refractivity contribution in [2.45, 2.75) is 19.9 Å². The highest BCUT2D eigenvalue weighted by Crippen LogP contribution is 2.11. The smallest absolute Gasteiger partial charge is 0.269 e. The summed E-state index contributed by atoms with van der Waals surface area (Å²) in [5.41, 5.74) is 0.329. The molecule has 1 aromatic heterocycles. The van der Waals surface area contributed by atoms with Gasteiger partial charge in [-0.1, -0.05) is 0 Å². The van der Waals surface area contributed by atoms with E-state index in [0.29, 0.717) is 29.8 Å². The van der Waals surface area contributed by atoms with Crippen LogP contribution in [0.4, 0.5) is 5.69 Å². The van der Waals surface area contributed by atoms with Crippen LogP contribution >= 0.6 is 12.2 Å². The monoisotopic (exact) mass is 321 g/mol. The number of benzene rings is 1. The number of nitrogens with one attached hydrogen (secondary N) is 2. The van der Waals surface area contributed by atoms with Crippen LogP contribution in [0.1, 0.15) is 23.1 Å². The van der Waals surface area contributed by atoms with Crippen LogP contribution in [0.2, 0.25) is 0 Å². The maximum Gasteiger partial charge on any atom is 0.269 e. The van der Waals surface area contributed by atoms with Crippen molar-refractivity contribution in [1.29, 1.82) is 0 Å². The van der Waals surface area contributed by atoms with Gasteiger partial charge in [0.05, 0.1) is 4.92 Å². The molecule has 2 rings (SSSR count). The van der Waals surface area contributed by atoms with Gasteiger partial charge in [0.15, 0.2) is 4.77 Å². The molecule has 1 heterocycles. The number of hydrogen-bond donors (Lipinski definition) is 2. The molecule has 9 heteroatoms. The lowest BCUT2D eigenvalue weighted by molar-refractivity contribution is -0.384. The number of nitro groups is 1. The van der Waals surface area contributed by atoms with E-state index in [2.05, 4.69) is 15.5 Å². The highest BCUT2D eigenvalue weighted by Gasteiger charge is 2.10. The van der Waals surface area contributed by atoms with E-state index in [9.17, 15) is 14.9 Å². The fourth-order valence-corrected chi connectivity index (χ4v) is 2.27. The van der Waals surface area contributed by atoms with E-state index in [4.69, 9.17) is 12.2 Å². The number of hydrogen-bond acceptors (Lipinski definition) is 5. The summed E-state index contributed by atoms with van der Waals surface area (Å²) in [6.45, 7) is 3.07. The predicted molar refractivity (Wildman–Crippen MR) is 82.2 cm³/mol. The maximum absolute atomic E-state index is 11.9. The molecule has 8 nitrogen and oxygen atoms in total. The van der Waals surface area contributed by atoms with Gasteiger partial charge in [-0.3, -0.25) is 20.0 Å². The summed E-state index contributed by atoms with van der Waals surface area (Å²) in [6, 6.07) is 5.46. The molecule has 0 atom stereocenters. The third kappa shape index (κ3) is 3.55. The molecule has 2 aromatic rings. The minimum atomic E-state index is -0.505. The Hall–Kier alpha value is -2.55. The summed E-state index contributed by atoms with van der Waals surface area (Å²) in [4.78, 5) is 22.0. The summed E-state index contributed by atoms with van der Waals surface area (Å²) in [6.07, 6.45) is 0.541. The van der Waals surface area contributed by atoms with Gasteiger partial charge < -0.3 is 9.88 Å². The first-order valence-corrected chi connectivity index (χ1v) is 7.10. The van der Waals surface area contributed by atoms with E-state index in [-0.39, 0.29) is 11.6 Å². The van der Waals surface area contributed by atoms with E-state index < -0.39 is 4.92 Å². The van der Waals surface area contributed by atoms with Crippen molar-refractivity contribution in [2.75, 3.05) is 6.54 Å². The van der Waals surface area contributed by atoms with E-state index in [1.165, 1.54) is 24.3 Å². The Balaban J connectivity index is 1.92. The Labute approximate surface area is 131 Å². The second-order valence-corrected chi connectivity index (χ2v) is 4.89. The molecule has 1 amide bonds. The van der Waals surface area contributed by atoms with Crippen LogP contribution in [0, 0.1) is 14.9 Å². The average Bonchev–Trinajstić information content (AvgIpc) is 2.87. The molecule has 0 saturated heterocycles. The van der Waals surface area contributed by atoms with Crippen LogP contribution in [0.25, 0.3) is 0 Å². The number of rotatable bonds is 6. The molecule has 0 fully saturated rings. The molecule has 0 unspecified atom stereocenters. The van der Waals surface area contributed by atoms with Gasteiger partial charge in [-0.2, -0.15) is 5.10 Å². The summed E-state index contributed by atoms with van der Waals surface area (Å²) >= 11 is 5.09. The lowest BCUT2D eigenvalue weighted by Gasteiger charge is -2.06. The first-order valence-electron chi connectivity index (χ1n) is 6.69. The quantitative estimate of drug-likeness (QED) is 0.480. The van der Waals surface area contributed by atoms with Crippen molar-refractivity contribution in [1.82, 2.24) is 20.1 Å². The Morgan fingerprint density at radius 2 is 2.14 bits per heavy atom. The third-order valence-electron chi connectivity index (χ3n) is 3.13. The molecule has 22 heavy (non-hydrogen) atoms. The number of H-pyrrole nitrogens is 1. The van der Waals surface area contributed by atoms with Crippen LogP contribution in [-0.2, 0) is 13.0 Å². The van der Waals surface area contributed by atoms with Crippen LogP contribution in [-0.4, -0.2) is 32.1 Å². The normalized spacial score (nSPS) is 10.4. The standard InChI is InChI=1S/C13H15N5O3S/c1-2-17-11(15-16-13(17)22)7-8-14-12(19)9-3-5-10(6-4-9)18(20)21/h3-6H,2,7-8H2,1H3,(H,14,19)(H,16,22). The zero-order valence-electron chi connectivity index (χ0n) is 11.9. The highest BCUT2D eigenvalue weighted by atomic mass is 32.1. The van der Waals surface area contributed by atoms with Crippen molar-refractivity contribution in [3.8, 4) is 0 Å². The molecule has 1 aromatic carbocycles. The zero-order chi connectivity index (χ0) is 16.1. The van der Waals surface area contributed by atoms with Crippen LogP contribution in [0.15, 0.2) is 24.3 Å². The van der Waals surface area contributed by atoms with Gasteiger partial charge in [-0.15, -0.1) is 0 Å². The van der Waals surface area contributed by atoms with Crippen LogP contribution < -0.4 is 5.32 Å². The molecule has 0 aliphatic heterocycles. The number of carbonyl (C=O) groups excluding carboxylic acids is 1. The lowest BCUT2D eigenvalue weighted by Crippen LogP contribution is -2.26. The van der Waals surface area contributed by atoms with Gasteiger partial charge >= 0.3 is 0 Å². The molecule has 116 valence electrons. The van der Waals surface area contributed by atoms with Crippen molar-refractivity contribution in [3.63, 3.8) is 0 Å². The number of amides is 1. The minimum Gasteiger partial charge on any atom is -0.352 e. The van der Waals surface area contributed by atoms with Gasteiger partial charge in [0.25, 0.3) is 11.6 Å². The number of non-ortho nitro benzene ring substituents is 1. The second kappa shape index (κ2) is 6.94. The van der Waals surface area contributed by atoms with Crippen LogP contribution in [0.5, 0.6) is 0 Å². The molecule has 2 N–H and O–H groups in total. The summed E-state index contributed by atoms with van der Waals surface area (Å²) in [7, 11) is 0. The number of carbonyl (C=O) groups is 1. The topological polar surface area (TPSA) is 106 Å². The third-order valence-corrected chi connectivity index (χ3v) is 3.44. The van der Waals surface area contributed by atoms with Gasteiger partial charge in [-0.05, 0) is 31.3 Å². The van der Waals surface area contributed by atoms with E-state index in [0.717, 1.165) is 5.82 Å². The number of nitrogens with zero attached hydrogens (tertiary/aromatic N) is 3. The Bertz CT molecular complexity index is 735.